The van der Waals surface area contributed by atoms with Crippen LogP contribution in [-0.4, -0.2) is 144 Å². The van der Waals surface area contributed by atoms with E-state index in [1.807, 2.05) is 10.6 Å². The number of halogens is 3. The van der Waals surface area contributed by atoms with Crippen molar-refractivity contribution >= 4 is 70.9 Å². The van der Waals surface area contributed by atoms with E-state index in [0.717, 1.165) is 0 Å². The molecule has 23 nitrogen and oxygen atoms in total. The minimum absolute atomic E-state index is 0.227. The summed E-state index contributed by atoms with van der Waals surface area (Å²) >= 11 is 0. The summed E-state index contributed by atoms with van der Waals surface area (Å²) in [5.74, 6) is -13.4. The third kappa shape index (κ3) is 29.8. The van der Waals surface area contributed by atoms with Crippen LogP contribution >= 0.6 is 0 Å². The molecule has 1 aromatic rings. The van der Waals surface area contributed by atoms with Gasteiger partial charge in [0.15, 0.2) is 0 Å². The van der Waals surface area contributed by atoms with Gasteiger partial charge in [-0.05, 0) is 105 Å². The lowest BCUT2D eigenvalue weighted by Crippen LogP contribution is -2.62. The molecule has 0 saturated carbocycles. The highest BCUT2D eigenvalue weighted by Crippen LogP contribution is 2.24. The molecule has 0 spiro atoms. The lowest BCUT2D eigenvalue weighted by molar-refractivity contribution is -0.158. The number of nitrogens with one attached hydrogen (secondary N) is 8. The van der Waals surface area contributed by atoms with E-state index in [1.54, 1.807) is 107 Å². The number of Topliss-reactive ketones (excluding diaryl/α,β-unsaturated/α-hetero) is 1. The molecule has 81 heavy (non-hydrogen) atoms. The summed E-state index contributed by atoms with van der Waals surface area (Å²) in [4.78, 5) is 161. The van der Waals surface area contributed by atoms with Crippen molar-refractivity contribution in [1.29, 1.82) is 0 Å². The van der Waals surface area contributed by atoms with Gasteiger partial charge in [-0.3, -0.25) is 57.5 Å². The molecule has 0 aromatic heterocycles. The van der Waals surface area contributed by atoms with Crippen molar-refractivity contribution in [1.82, 2.24) is 42.5 Å². The van der Waals surface area contributed by atoms with Gasteiger partial charge in [0.1, 0.15) is 53.1 Å². The minimum atomic E-state index is -5.09. The predicted molar refractivity (Wildman–Crippen MR) is 289 cm³/mol. The third-order valence-electron chi connectivity index (χ3n) is 11.2. The number of rotatable bonds is 28. The summed E-state index contributed by atoms with van der Waals surface area (Å²) in [6.45, 7) is 23.2. The summed E-state index contributed by atoms with van der Waals surface area (Å²) in [5.41, 5.74) is -2.93. The van der Waals surface area contributed by atoms with Crippen molar-refractivity contribution in [3.05, 3.63) is 35.4 Å². The maximum absolute atomic E-state index is 14.7. The number of hydrogen-bond acceptors (Lipinski definition) is 15. The smallest absolute Gasteiger partial charge is 0.391 e. The van der Waals surface area contributed by atoms with E-state index in [1.165, 1.54) is 27.8 Å². The Kier molecular flexibility index (Phi) is 27.7. The molecule has 8 N–H and O–H groups in total. The number of hydrogen-bond donors (Lipinski definition) is 8. The minimum Gasteiger partial charge on any atom is -0.460 e. The second kappa shape index (κ2) is 31.2. The van der Waals surface area contributed by atoms with Gasteiger partial charge in [-0.15, -0.1) is 0 Å². The van der Waals surface area contributed by atoms with Gasteiger partial charge >= 0.3 is 24.1 Å². The monoisotopic (exact) mass is 1150 g/mol. The normalized spacial score (nSPS) is 14.2. The first-order valence-corrected chi connectivity index (χ1v) is 26.5. The highest BCUT2D eigenvalue weighted by Gasteiger charge is 2.42. The van der Waals surface area contributed by atoms with E-state index < -0.39 is 187 Å². The molecule has 26 heteroatoms. The van der Waals surface area contributed by atoms with Crippen LogP contribution in [0, 0.1) is 18.3 Å². The van der Waals surface area contributed by atoms with E-state index in [0.29, 0.717) is 11.1 Å². The number of alkyl halides is 3. The molecular formula is C55H85F3N8O15. The summed E-state index contributed by atoms with van der Waals surface area (Å²) in [7, 11) is 1.21. The first-order chi connectivity index (χ1) is 36.9. The largest absolute Gasteiger partial charge is 0.460 e. The van der Waals surface area contributed by atoms with Crippen LogP contribution in [-0.2, 0) is 78.2 Å². The molecule has 0 radical (unpaired) electrons. The molecule has 0 aliphatic carbocycles. The molecule has 8 amide bonds. The van der Waals surface area contributed by atoms with Crippen LogP contribution in [0.4, 0.5) is 13.2 Å². The second-order valence-electron chi connectivity index (χ2n) is 24.0. The highest BCUT2D eigenvalue weighted by atomic mass is 19.4. The lowest BCUT2D eigenvalue weighted by Gasteiger charge is -2.34. The zero-order chi connectivity index (χ0) is 62.6. The molecule has 1 rings (SSSR count). The number of likely N-dealkylation sites (N-methyl/N-ethyl adjacent to an activating group) is 1. The fourth-order valence-electron chi connectivity index (χ4n) is 7.45. The molecule has 1 aromatic carbocycles. The maximum atomic E-state index is 14.7. The first kappa shape index (κ1) is 71.9. The first-order valence-electron chi connectivity index (χ1n) is 26.5. The quantitative estimate of drug-likeness (QED) is 0.0340. The van der Waals surface area contributed by atoms with Gasteiger partial charge < -0.3 is 56.7 Å². The summed E-state index contributed by atoms with van der Waals surface area (Å²) in [6, 6.07) is -4.01. The van der Waals surface area contributed by atoms with E-state index in [2.05, 4.69) is 31.9 Å². The van der Waals surface area contributed by atoms with Crippen molar-refractivity contribution in [3.63, 3.8) is 0 Å². The third-order valence-corrected chi connectivity index (χ3v) is 11.2. The topological polar surface area (TPSA) is 329 Å². The molecule has 456 valence electrons. The van der Waals surface area contributed by atoms with E-state index in [4.69, 9.17) is 14.2 Å². The van der Waals surface area contributed by atoms with Crippen LogP contribution < -0.4 is 42.5 Å². The van der Waals surface area contributed by atoms with Crippen LogP contribution in [0.3, 0.4) is 0 Å². The standard InChI is InChI=1S/C55H85F3N8O15/c1-30(2)25-34(46(74)65-37(28-55(56,57)58)43(72)49(77)60-29-39(68)59-16)64-50(78)44(51(4,5)6)66-48(76)35(26-32-20-18-17-19-31(32)3)63-45(73)33(21-23-40(69)79-52(7,8)9)62-47(75)36(27-42(71)81-54(13,14)15)61-38(67)22-24-41(70)80-53(10,11)12/h17-20,30,33-37,44H,21-29H2,1-16H3,(H,59,68)(H,60,77)(H,61,67)(H,62,75)(H,63,73)(H,64,78)(H,65,74)(H,66,76)/t33-,34-,35-,36-,37?,44+/m0/s1. The average molecular weight is 1160 g/mol. The predicted octanol–water partition coefficient (Wildman–Crippen LogP) is 2.90. The van der Waals surface area contributed by atoms with Crippen LogP contribution in [0.25, 0.3) is 0 Å². The Bertz CT molecular complexity index is 2420. The van der Waals surface area contributed by atoms with Gasteiger partial charge in [-0.25, -0.2) is 0 Å². The Labute approximate surface area is 471 Å². The molecule has 0 fully saturated rings. The Morgan fingerprint density at radius 2 is 1.00 bits per heavy atom. The fraction of sp³-hybridized carbons (Fsp3) is 0.673. The maximum Gasteiger partial charge on any atom is 0.391 e. The molecule has 0 saturated heterocycles. The number of amides is 8. The van der Waals surface area contributed by atoms with Crippen molar-refractivity contribution in [2.75, 3.05) is 13.6 Å². The van der Waals surface area contributed by atoms with Crippen LogP contribution in [0.15, 0.2) is 24.3 Å². The fourth-order valence-corrected chi connectivity index (χ4v) is 7.45. The van der Waals surface area contributed by atoms with Crippen molar-refractivity contribution in [3.8, 4) is 0 Å². The number of esters is 3. The van der Waals surface area contributed by atoms with E-state index >= 15 is 0 Å². The molecular weight excluding hydrogens is 1070 g/mol. The lowest BCUT2D eigenvalue weighted by atomic mass is 9.85. The van der Waals surface area contributed by atoms with E-state index in [9.17, 15) is 70.7 Å². The molecule has 0 aliphatic rings. The van der Waals surface area contributed by atoms with Crippen LogP contribution in [0.5, 0.6) is 0 Å². The number of carbonyl (C=O) groups is 12. The van der Waals surface area contributed by atoms with Crippen molar-refractivity contribution < 1.29 is 84.9 Å². The molecule has 6 atom stereocenters. The van der Waals surface area contributed by atoms with Crippen LogP contribution in [0.1, 0.15) is 153 Å². The average Bonchev–Trinajstić information content (AvgIpc) is 3.29. The zero-order valence-electron chi connectivity index (χ0n) is 49.5. The van der Waals surface area contributed by atoms with Gasteiger partial charge in [0.05, 0.1) is 25.8 Å². The van der Waals surface area contributed by atoms with Gasteiger partial charge in [-0.1, -0.05) is 58.9 Å². The summed E-state index contributed by atoms with van der Waals surface area (Å²) in [5, 5.41) is 18.5. The zero-order valence-corrected chi connectivity index (χ0v) is 49.5. The van der Waals surface area contributed by atoms with Gasteiger partial charge in [0.2, 0.25) is 47.1 Å². The molecule has 1 unspecified atom stereocenters. The number of benzene rings is 1. The van der Waals surface area contributed by atoms with E-state index in [-0.39, 0.29) is 12.8 Å². The Morgan fingerprint density at radius 1 is 0.531 bits per heavy atom. The molecule has 0 aliphatic heterocycles. The Balaban J connectivity index is 3.84. The Hall–Kier alpha value is -7.15. The number of ketones is 1. The second-order valence-corrected chi connectivity index (χ2v) is 24.0. The van der Waals surface area contributed by atoms with Crippen LogP contribution in [0.2, 0.25) is 0 Å². The van der Waals surface area contributed by atoms with Crippen molar-refractivity contribution in [2.24, 2.45) is 11.3 Å². The molecule has 0 heterocycles. The van der Waals surface area contributed by atoms with Gasteiger partial charge in [-0.2, -0.15) is 13.2 Å². The summed E-state index contributed by atoms with van der Waals surface area (Å²) < 4.78 is 57.5. The number of carbonyl (C=O) groups excluding carboxylic acids is 12. The van der Waals surface area contributed by atoms with Crippen molar-refractivity contribution in [2.45, 2.75) is 214 Å². The Morgan fingerprint density at radius 3 is 1.51 bits per heavy atom. The number of ether oxygens (including phenoxy) is 3. The SMILES string of the molecule is CNC(=O)CNC(=O)C(=O)C(CC(F)(F)F)NC(=O)[C@H](CC(C)C)NC(=O)[C@@H](NC(=O)[C@H](Cc1ccccc1C)NC(=O)[C@H](CCC(=O)OC(C)(C)C)NC(=O)[C@H](CC(=O)OC(C)(C)C)NC(=O)CCC(=O)OC(C)(C)C)C(C)(C)C. The summed E-state index contributed by atoms with van der Waals surface area (Å²) in [6.07, 6.45) is -10.2. The highest BCUT2D eigenvalue weighted by molar-refractivity contribution is 6.38. The number of aryl methyl sites for hydroxylation is 1. The van der Waals surface area contributed by atoms with Gasteiger partial charge in [0.25, 0.3) is 5.91 Å². The van der Waals surface area contributed by atoms with Gasteiger partial charge in [0, 0.05) is 26.3 Å². The molecule has 0 bridgehead atoms.